The smallest absolute Gasteiger partial charge is 0.180 e. The maximum Gasteiger partial charge on any atom is 0.180 e. The highest BCUT2D eigenvalue weighted by Crippen LogP contribution is 2.35. The summed E-state index contributed by atoms with van der Waals surface area (Å²) in [5, 5.41) is 13.3. The fourth-order valence-electron chi connectivity index (χ4n) is 4.88. The number of β-amino-alcohol motifs (C(OH)–C–C–N with tert-alkyl or cyclic N) is 1. The van der Waals surface area contributed by atoms with Gasteiger partial charge in [0.05, 0.1) is 24.6 Å². The van der Waals surface area contributed by atoms with Crippen molar-refractivity contribution in [2.45, 2.75) is 25.4 Å². The predicted octanol–water partition coefficient (Wildman–Crippen LogP) is 3.39. The Bertz CT molecular complexity index is 1410. The largest absolute Gasteiger partial charge is 0.495 e. The summed E-state index contributed by atoms with van der Waals surface area (Å²) in [6, 6.07) is 12.0. The number of nitrogens with zero attached hydrogens (tertiary/aromatic N) is 4. The molecule has 0 unspecified atom stereocenters. The van der Waals surface area contributed by atoms with Crippen LogP contribution in [0.2, 0.25) is 0 Å². The van der Waals surface area contributed by atoms with Gasteiger partial charge in [-0.2, -0.15) is 0 Å². The van der Waals surface area contributed by atoms with E-state index in [-0.39, 0.29) is 11.9 Å². The molecule has 0 spiro atoms. The average molecular weight is 456 g/mol. The Balaban J connectivity index is 1.35. The molecule has 8 heteroatoms. The number of rotatable bonds is 5. The van der Waals surface area contributed by atoms with Gasteiger partial charge in [0.2, 0.25) is 0 Å². The number of nitrogens with one attached hydrogen (secondary N) is 1. The van der Waals surface area contributed by atoms with Gasteiger partial charge in [-0.1, -0.05) is 12.1 Å². The number of hydrogen-bond acceptors (Lipinski definition) is 7. The molecule has 3 heterocycles. The molecule has 0 bridgehead atoms. The molecular weight excluding hydrogens is 430 g/mol. The predicted molar refractivity (Wildman–Crippen MR) is 130 cm³/mol. The van der Waals surface area contributed by atoms with Crippen LogP contribution in [-0.4, -0.2) is 51.6 Å². The molecule has 0 amide bonds. The Kier molecular flexibility index (Phi) is 4.95. The van der Waals surface area contributed by atoms with Crippen LogP contribution in [0.3, 0.4) is 0 Å². The van der Waals surface area contributed by atoms with Gasteiger partial charge in [-0.25, -0.2) is 9.97 Å². The van der Waals surface area contributed by atoms with Crippen LogP contribution >= 0.6 is 0 Å². The first kappa shape index (κ1) is 20.7. The van der Waals surface area contributed by atoms with E-state index >= 15 is 0 Å². The number of aromatic nitrogens is 3. The molecule has 1 aliphatic heterocycles. The number of benzene rings is 2. The van der Waals surface area contributed by atoms with Gasteiger partial charge in [-0.3, -0.25) is 4.79 Å². The molecular formula is C26H25N5O3. The third-order valence-corrected chi connectivity index (χ3v) is 6.60. The minimum absolute atomic E-state index is 0.258. The lowest BCUT2D eigenvalue weighted by atomic mass is 10.0. The lowest BCUT2D eigenvalue weighted by molar-refractivity contribution is -0.117. The first-order valence-corrected chi connectivity index (χ1v) is 11.4. The molecule has 1 saturated heterocycles. The number of carbonyl (C=O) groups excluding carboxylic acids is 1. The molecule has 8 nitrogen and oxygen atoms in total. The van der Waals surface area contributed by atoms with Crippen molar-refractivity contribution in [3.05, 3.63) is 66.1 Å². The topological polar surface area (TPSA) is 92.0 Å². The average Bonchev–Trinajstić information content (AvgIpc) is 3.57. The number of ketones is 1. The van der Waals surface area contributed by atoms with E-state index in [0.29, 0.717) is 30.9 Å². The van der Waals surface area contributed by atoms with Crippen molar-refractivity contribution in [2.75, 3.05) is 30.4 Å². The zero-order chi connectivity index (χ0) is 23.2. The summed E-state index contributed by atoms with van der Waals surface area (Å²) in [7, 11) is 1.65. The first-order chi connectivity index (χ1) is 16.6. The number of Topliss-reactive ketones (excluding diaryl/α,β-unsaturated/α-hetero) is 1. The van der Waals surface area contributed by atoms with Crippen LogP contribution < -0.4 is 15.0 Å². The normalized spacial score (nSPS) is 17.4. The second-order valence-electron chi connectivity index (χ2n) is 8.91. The first-order valence-electron chi connectivity index (χ1n) is 11.4. The van der Waals surface area contributed by atoms with E-state index in [1.807, 2.05) is 47.1 Å². The van der Waals surface area contributed by atoms with Crippen LogP contribution in [0.1, 0.15) is 17.5 Å². The van der Waals surface area contributed by atoms with Crippen LogP contribution in [0.15, 0.2) is 55.0 Å². The van der Waals surface area contributed by atoms with Gasteiger partial charge in [0.15, 0.2) is 11.5 Å². The fourth-order valence-corrected chi connectivity index (χ4v) is 4.88. The molecule has 1 atom stereocenters. The minimum atomic E-state index is -0.305. The van der Waals surface area contributed by atoms with Crippen LogP contribution in [0.25, 0.3) is 16.9 Å². The van der Waals surface area contributed by atoms with Gasteiger partial charge in [0, 0.05) is 61.8 Å². The second kappa shape index (κ2) is 8.14. The molecule has 0 radical (unpaired) electrons. The number of fused-ring (bicyclic) bond motifs is 2. The van der Waals surface area contributed by atoms with Gasteiger partial charge in [0.1, 0.15) is 11.5 Å². The molecule has 2 aromatic heterocycles. The molecule has 2 N–H and O–H groups in total. The van der Waals surface area contributed by atoms with Crippen molar-refractivity contribution in [1.82, 2.24) is 14.4 Å². The zero-order valence-electron chi connectivity index (χ0n) is 18.9. The van der Waals surface area contributed by atoms with Gasteiger partial charge in [-0.05, 0) is 35.7 Å². The molecule has 1 fully saturated rings. The zero-order valence-corrected chi connectivity index (χ0v) is 18.9. The van der Waals surface area contributed by atoms with Gasteiger partial charge in [-0.15, -0.1) is 0 Å². The van der Waals surface area contributed by atoms with Gasteiger partial charge >= 0.3 is 0 Å². The Labute approximate surface area is 196 Å². The highest BCUT2D eigenvalue weighted by molar-refractivity contribution is 5.88. The lowest BCUT2D eigenvalue weighted by Gasteiger charge is -2.21. The van der Waals surface area contributed by atoms with Crippen molar-refractivity contribution in [2.24, 2.45) is 0 Å². The summed E-state index contributed by atoms with van der Waals surface area (Å²) in [6.07, 6.45) is 7.05. The van der Waals surface area contributed by atoms with Gasteiger partial charge < -0.3 is 24.5 Å². The van der Waals surface area contributed by atoms with Crippen molar-refractivity contribution in [1.29, 1.82) is 0 Å². The molecule has 2 aromatic carbocycles. The number of aliphatic hydroxyl groups is 1. The third-order valence-electron chi connectivity index (χ3n) is 6.60. The van der Waals surface area contributed by atoms with E-state index < -0.39 is 0 Å². The minimum Gasteiger partial charge on any atom is -0.495 e. The third kappa shape index (κ3) is 3.66. The molecule has 4 aromatic rings. The number of methoxy groups -OCH3 is 1. The Hall–Kier alpha value is -3.91. The van der Waals surface area contributed by atoms with Gasteiger partial charge in [0.25, 0.3) is 0 Å². The number of imidazole rings is 1. The Morgan fingerprint density at radius 2 is 2.03 bits per heavy atom. The quantitative estimate of drug-likeness (QED) is 0.477. The van der Waals surface area contributed by atoms with E-state index in [1.165, 1.54) is 0 Å². The summed E-state index contributed by atoms with van der Waals surface area (Å²) in [5.41, 5.74) is 6.45. The van der Waals surface area contributed by atoms with E-state index in [0.717, 1.165) is 52.5 Å². The summed E-state index contributed by atoms with van der Waals surface area (Å²) in [5.74, 6) is 1.62. The van der Waals surface area contributed by atoms with E-state index in [1.54, 1.807) is 13.3 Å². The van der Waals surface area contributed by atoms with Crippen LogP contribution in [0.4, 0.5) is 17.2 Å². The maximum atomic E-state index is 11.9. The van der Waals surface area contributed by atoms with Crippen LogP contribution in [-0.2, 0) is 17.6 Å². The van der Waals surface area contributed by atoms with Crippen LogP contribution in [0, 0.1) is 0 Å². The maximum absolute atomic E-state index is 11.9. The second-order valence-corrected chi connectivity index (χ2v) is 8.91. The SMILES string of the molecule is COc1cc(Nc2nc(-c3ccc4c(c3)CC(=O)C4)cn3ccnc23)ccc1N1CC[C@H](O)C1. The van der Waals surface area contributed by atoms with Crippen molar-refractivity contribution in [3.63, 3.8) is 0 Å². The summed E-state index contributed by atoms with van der Waals surface area (Å²) in [4.78, 5) is 23.4. The van der Waals surface area contributed by atoms with E-state index in [4.69, 9.17) is 9.72 Å². The molecule has 172 valence electrons. The molecule has 0 saturated carbocycles. The monoisotopic (exact) mass is 455 g/mol. The highest BCUT2D eigenvalue weighted by atomic mass is 16.5. The number of hydrogen-bond donors (Lipinski definition) is 2. The summed E-state index contributed by atoms with van der Waals surface area (Å²) in [6.45, 7) is 1.41. The molecule has 1 aliphatic carbocycles. The van der Waals surface area contributed by atoms with Crippen molar-refractivity contribution < 1.29 is 14.6 Å². The number of carbonyl (C=O) groups is 1. The summed E-state index contributed by atoms with van der Waals surface area (Å²) >= 11 is 0. The fraction of sp³-hybridized carbons (Fsp3) is 0.269. The van der Waals surface area contributed by atoms with Crippen molar-refractivity contribution >= 4 is 28.6 Å². The molecule has 2 aliphatic rings. The summed E-state index contributed by atoms with van der Waals surface area (Å²) < 4.78 is 7.60. The number of anilines is 3. The van der Waals surface area contributed by atoms with Crippen molar-refractivity contribution in [3.8, 4) is 17.0 Å². The molecule has 6 rings (SSSR count). The highest BCUT2D eigenvalue weighted by Gasteiger charge is 2.23. The van der Waals surface area contributed by atoms with Crippen LogP contribution in [0.5, 0.6) is 5.75 Å². The standard InChI is InChI=1S/C26H25N5O3/c1-34-24-13-19(4-5-23(24)30-8-6-20(32)14-30)28-25-26-27-7-9-31(26)15-22(29-25)17-3-2-16-11-21(33)12-18(16)10-17/h2-5,7,9-10,13,15,20,32H,6,8,11-12,14H2,1H3,(H,28,29)/t20-/m0/s1. The Morgan fingerprint density at radius 3 is 2.85 bits per heavy atom. The van der Waals surface area contributed by atoms with E-state index in [2.05, 4.69) is 21.3 Å². The number of aliphatic hydroxyl groups excluding tert-OH is 1. The molecule has 34 heavy (non-hydrogen) atoms. The number of ether oxygens (including phenoxy) is 1. The van der Waals surface area contributed by atoms with E-state index in [9.17, 15) is 9.90 Å². The Morgan fingerprint density at radius 1 is 1.15 bits per heavy atom. The lowest BCUT2D eigenvalue weighted by Crippen LogP contribution is -2.21.